The Balaban J connectivity index is 0.000000151. The van der Waals surface area contributed by atoms with E-state index in [9.17, 15) is 32.4 Å². The number of aryl methyl sites for hydroxylation is 1. The molecule has 8 saturated heterocycles. The van der Waals surface area contributed by atoms with Crippen LogP contribution in [0.2, 0.25) is 30.4 Å². The SMILES string of the molecule is CC[C@H]1CN(c2nc(N)c(C(=O)NC3CC3)nc2Cl)CCN1C1CCN(Cc2ccc(Cl)cc2CN)CC1.CC[C@H]1CN(c2ncc(C(N)=O)nc2Br)CCN1C1CCN(C(=O)c2ccc(Cl)cc2)CC1.CC[C@H]1CN(c2ncc(C(N)=O)nc2C)CCN1C1CCN(Cc2ccc(Cl)cc2)CC1.CC[C@H]1CN(c2ncc(C(N)=O)nc2Cl)CCN1C1CCN(Cc2ccc(Cl)c(OCCS(C)(=O)=O)c2)CC1. The summed E-state index contributed by atoms with van der Waals surface area (Å²) in [5.41, 5.74) is 34.9. The van der Waals surface area contributed by atoms with Crippen molar-refractivity contribution in [2.75, 3.05) is 175 Å². The lowest BCUT2D eigenvalue weighted by Crippen LogP contribution is -2.58. The molecule has 4 atom stereocenters. The largest absolute Gasteiger partial charge is 0.491 e. The second kappa shape index (κ2) is 51.0. The second-order valence-electron chi connectivity index (χ2n) is 38.3. The third kappa shape index (κ3) is 29.2. The van der Waals surface area contributed by atoms with E-state index in [1.54, 1.807) is 24.3 Å². The number of halogens is 7. The number of rotatable bonds is 29. The van der Waals surface area contributed by atoms with Crippen molar-refractivity contribution in [1.29, 1.82) is 0 Å². The third-order valence-electron chi connectivity index (χ3n) is 28.9. The minimum Gasteiger partial charge on any atom is -0.491 e. The van der Waals surface area contributed by atoms with E-state index < -0.39 is 27.6 Å². The van der Waals surface area contributed by atoms with E-state index >= 15 is 0 Å². The lowest BCUT2D eigenvalue weighted by atomic mass is 9.97. The van der Waals surface area contributed by atoms with Crippen LogP contribution < -0.4 is 58.3 Å². The predicted octanol–water partition coefficient (Wildman–Crippen LogP) is 12.5. The van der Waals surface area contributed by atoms with E-state index in [1.165, 1.54) is 48.8 Å². The summed E-state index contributed by atoms with van der Waals surface area (Å²) in [7, 11) is -3.09. The standard InChI is InChI=1S/C27H38Cl2N8O.C26H36Cl2N6O4S.C24H33ClN6O.C23H28BrClN6O2/c1-2-21-16-36(26-24(29)33-23(25(31)34-26)27(38)32-20-5-6-20)11-12-37(21)22-7-9-35(10-8-22)15-17-3-4-19(28)13-18(17)14-30;1-3-19-17-33(26-24(28)31-22(15-30-26)25(29)35)10-11-34(19)20-6-8-32(9-7-20)16-18-4-5-21(27)23(14-18)38-12-13-39(2,36)37;1-3-20-16-30(24-17(2)28-22(14-27-24)23(26)32)12-13-31(20)21-8-10-29(11-9-21)15-18-4-6-19(25)7-5-18;1-2-17-14-30(22-20(24)28-19(13-27-22)21(26)32)11-12-31(17)18-7-9-29(10-8-18)23(33)15-3-5-16(25)6-4-15/h3-4,13,20-22H,2,5-12,14-16,30H2,1H3,(H2,31,34)(H,32,38);4-5,14-15,19-20H,3,6-13,16-17H2,1-2H3,(H2,29,35);4-7,14,20-21H,3,8-13,15-16H2,1-2H3,(H2,26,32);3-6,13,17-18H,2,7-12,14H2,1H3,(H2,26,32)/t21-;19-;20-;17-/m0000/s1. The van der Waals surface area contributed by atoms with Crippen LogP contribution in [0.1, 0.15) is 198 Å². The van der Waals surface area contributed by atoms with Crippen LogP contribution in [-0.4, -0.2) is 321 Å². The number of carbonyl (C=O) groups is 5. The molecule has 12 heterocycles. The topological polar surface area (TPSA) is 413 Å². The van der Waals surface area contributed by atoms with Crippen LogP contribution in [0.3, 0.4) is 0 Å². The van der Waals surface area contributed by atoms with Gasteiger partial charge < -0.3 is 63.2 Å². The van der Waals surface area contributed by atoms with Gasteiger partial charge in [-0.2, -0.15) is 0 Å². The van der Waals surface area contributed by atoms with Gasteiger partial charge in [-0.3, -0.25) is 58.3 Å². The number of nitrogen functional groups attached to an aromatic ring is 1. The molecule has 4 aromatic carbocycles. The average molecular weight is 2150 g/mol. The van der Waals surface area contributed by atoms with Crippen molar-refractivity contribution >= 4 is 154 Å². The number of aromatic nitrogens is 8. The summed E-state index contributed by atoms with van der Waals surface area (Å²) in [5, 5.41) is 5.99. The Bertz CT molecular complexity index is 5750. The van der Waals surface area contributed by atoms with Gasteiger partial charge in [0.1, 0.15) is 39.9 Å². The van der Waals surface area contributed by atoms with Crippen molar-refractivity contribution in [3.8, 4) is 5.75 Å². The number of hydrogen-bond acceptors (Lipinski definition) is 29. The first kappa shape index (κ1) is 109. The Morgan fingerprint density at radius 2 is 0.873 bits per heavy atom. The van der Waals surface area contributed by atoms with Gasteiger partial charge in [0, 0.05) is 199 Å². The monoisotopic (exact) mass is 2150 g/mol. The number of ether oxygens (including phenoxy) is 1. The second-order valence-corrected chi connectivity index (χ2v) is 43.8. The molecule has 0 unspecified atom stereocenters. The molecule has 9 fully saturated rings. The lowest BCUT2D eigenvalue weighted by molar-refractivity contribution is 0.0490. The molecule has 8 aromatic rings. The maximum absolute atomic E-state index is 12.8. The van der Waals surface area contributed by atoms with Gasteiger partial charge in [0.25, 0.3) is 29.5 Å². The number of carbonyl (C=O) groups excluding carboxylic acids is 5. The molecule has 34 nitrogen and oxygen atoms in total. The highest BCUT2D eigenvalue weighted by molar-refractivity contribution is 9.10. The summed E-state index contributed by atoms with van der Waals surface area (Å²) in [6, 6.07) is 31.1. The molecule has 5 amide bonds. The average Bonchev–Trinajstić information content (AvgIpc) is 0.942. The van der Waals surface area contributed by atoms with E-state index in [-0.39, 0.29) is 69.1 Å². The Morgan fingerprint density at radius 3 is 1.33 bits per heavy atom. The minimum atomic E-state index is -3.09. The Kier molecular flexibility index (Phi) is 39.1. The fourth-order valence-electron chi connectivity index (χ4n) is 20.9. The van der Waals surface area contributed by atoms with Crippen LogP contribution >= 0.6 is 85.5 Å². The normalized spacial score (nSPS) is 20.6. The van der Waals surface area contributed by atoms with Gasteiger partial charge in [0.2, 0.25) is 0 Å². The summed E-state index contributed by atoms with van der Waals surface area (Å²) in [6.45, 7) is 32.5. The molecular weight excluding hydrogens is 2020 g/mol. The zero-order valence-corrected chi connectivity index (χ0v) is 88.9. The van der Waals surface area contributed by atoms with Gasteiger partial charge in [0.15, 0.2) is 49.1 Å². The number of piperazine rings is 4. The lowest BCUT2D eigenvalue weighted by Gasteiger charge is -2.47. The number of nitrogens with two attached hydrogens (primary N) is 5. The van der Waals surface area contributed by atoms with Crippen molar-refractivity contribution in [1.82, 2.24) is 84.4 Å². The van der Waals surface area contributed by atoms with Gasteiger partial charge in [-0.05, 0) is 235 Å². The van der Waals surface area contributed by atoms with Crippen LogP contribution in [-0.2, 0) is 36.0 Å². The van der Waals surface area contributed by atoms with E-state index in [1.807, 2.05) is 54.3 Å². The molecule has 42 heteroatoms. The molecule has 0 radical (unpaired) electrons. The van der Waals surface area contributed by atoms with Crippen molar-refractivity contribution in [2.24, 2.45) is 22.9 Å². The molecule has 11 N–H and O–H groups in total. The fourth-order valence-corrected chi connectivity index (χ4v) is 23.0. The Morgan fingerprint density at radius 1 is 0.458 bits per heavy atom. The van der Waals surface area contributed by atoms with Gasteiger partial charge >= 0.3 is 0 Å². The summed E-state index contributed by atoms with van der Waals surface area (Å²) < 4.78 is 29.0. The van der Waals surface area contributed by atoms with Crippen molar-refractivity contribution < 1.29 is 37.1 Å². The minimum absolute atomic E-state index is 0.0455. The van der Waals surface area contributed by atoms with Crippen LogP contribution in [0.25, 0.3) is 0 Å². The molecular formula is C100H135BrCl6N26O8S. The number of amides is 5. The number of hydrogen-bond donors (Lipinski definition) is 6. The quantitative estimate of drug-likeness (QED) is 0.0253. The van der Waals surface area contributed by atoms with Crippen molar-refractivity contribution in [2.45, 2.75) is 205 Å². The molecule has 1 saturated carbocycles. The number of nitrogens with zero attached hydrogens (tertiary/aromatic N) is 20. The summed E-state index contributed by atoms with van der Waals surface area (Å²) in [5.74, 6) is 1.37. The first-order valence-electron chi connectivity index (χ1n) is 49.7. The van der Waals surface area contributed by atoms with Crippen molar-refractivity contribution in [3.63, 3.8) is 0 Å². The zero-order valence-electron chi connectivity index (χ0n) is 81.9. The predicted molar refractivity (Wildman–Crippen MR) is 566 cm³/mol. The highest BCUT2D eigenvalue weighted by Crippen LogP contribution is 2.38. The van der Waals surface area contributed by atoms with Gasteiger partial charge in [-0.25, -0.2) is 48.3 Å². The molecule has 142 heavy (non-hydrogen) atoms. The number of benzene rings is 4. The van der Waals surface area contributed by atoms with E-state index in [0.29, 0.717) is 92.5 Å². The maximum Gasteiger partial charge on any atom is 0.274 e. The fraction of sp³-hybridized carbons (Fsp3) is 0.550. The Hall–Kier alpha value is -8.80. The summed E-state index contributed by atoms with van der Waals surface area (Å²) >= 11 is 40.7. The highest BCUT2D eigenvalue weighted by Gasteiger charge is 2.41. The number of piperidine rings is 4. The molecule has 17 rings (SSSR count). The van der Waals surface area contributed by atoms with E-state index in [0.717, 1.165) is 266 Å². The van der Waals surface area contributed by atoms with Crippen LogP contribution in [0.15, 0.2) is 108 Å². The number of sulfone groups is 1. The first-order chi connectivity index (χ1) is 68.2. The first-order valence-corrected chi connectivity index (χ1v) is 54.8. The molecule has 9 aliphatic rings. The molecule has 768 valence electrons. The smallest absolute Gasteiger partial charge is 0.274 e. The van der Waals surface area contributed by atoms with E-state index in [2.05, 4.69) is 161 Å². The summed E-state index contributed by atoms with van der Waals surface area (Å²) in [4.78, 5) is 123. The molecule has 4 aromatic heterocycles. The van der Waals surface area contributed by atoms with Crippen LogP contribution in [0, 0.1) is 6.92 Å². The summed E-state index contributed by atoms with van der Waals surface area (Å²) in [6.07, 6.45) is 20.4. The number of nitrogens with one attached hydrogen (secondary N) is 1. The molecule has 1 aliphatic carbocycles. The number of primary amides is 3. The zero-order chi connectivity index (χ0) is 101. The maximum atomic E-state index is 12.8. The number of likely N-dealkylation sites (tertiary alicyclic amines) is 4. The van der Waals surface area contributed by atoms with Gasteiger partial charge in [-0.15, -0.1) is 0 Å². The van der Waals surface area contributed by atoms with Crippen LogP contribution in [0.5, 0.6) is 5.75 Å². The van der Waals surface area contributed by atoms with Gasteiger partial charge in [-0.1, -0.05) is 122 Å². The molecule has 8 aliphatic heterocycles. The van der Waals surface area contributed by atoms with Crippen molar-refractivity contribution in [3.05, 3.63) is 195 Å². The third-order valence-corrected chi connectivity index (χ3v) is 31.9. The molecule has 0 spiro atoms. The highest BCUT2D eigenvalue weighted by atomic mass is 79.9. The van der Waals surface area contributed by atoms with Crippen LogP contribution in [0.4, 0.5) is 29.1 Å². The molecule has 0 bridgehead atoms. The number of anilines is 5. The van der Waals surface area contributed by atoms with Gasteiger partial charge in [0.05, 0.1) is 35.1 Å². The Labute approximate surface area is 872 Å². The van der Waals surface area contributed by atoms with E-state index in [4.69, 9.17) is 103 Å².